The van der Waals surface area contributed by atoms with Gasteiger partial charge in [0.2, 0.25) is 0 Å². The number of nitrogens with zero attached hydrogens (tertiary/aromatic N) is 4. The van der Waals surface area contributed by atoms with Gasteiger partial charge in [-0.25, -0.2) is 15.0 Å². The lowest BCUT2D eigenvalue weighted by molar-refractivity contribution is 1.07. The molecule has 0 atom stereocenters. The minimum absolute atomic E-state index is 0.600. The molecule has 0 aliphatic carbocycles. The molecule has 0 radical (unpaired) electrons. The van der Waals surface area contributed by atoms with E-state index < -0.39 is 0 Å². The number of fused-ring (bicyclic) bond motifs is 7. The van der Waals surface area contributed by atoms with Gasteiger partial charge in [0.05, 0.1) is 16.7 Å². The molecule has 0 aliphatic rings. The zero-order valence-corrected chi connectivity index (χ0v) is 38.5. The Hall–Kier alpha value is -9.51. The molecule has 2 heterocycles. The van der Waals surface area contributed by atoms with Crippen LogP contribution in [0.3, 0.4) is 0 Å². The molecule has 14 rings (SSSR count). The zero-order valence-electron chi connectivity index (χ0n) is 38.5. The molecule has 0 aliphatic heterocycles. The average Bonchev–Trinajstić information content (AvgIpc) is 3.75. The van der Waals surface area contributed by atoms with Crippen molar-refractivity contribution in [2.75, 3.05) is 0 Å². The van der Waals surface area contributed by atoms with Gasteiger partial charge < -0.3 is 4.57 Å². The summed E-state index contributed by atoms with van der Waals surface area (Å²) in [5.41, 5.74) is 12.9. The highest BCUT2D eigenvalue weighted by molar-refractivity contribution is 6.19. The van der Waals surface area contributed by atoms with E-state index in [1.54, 1.807) is 0 Å². The lowest BCUT2D eigenvalue weighted by Crippen LogP contribution is -2.04. The summed E-state index contributed by atoms with van der Waals surface area (Å²) < 4.78 is 2.50. The van der Waals surface area contributed by atoms with Crippen LogP contribution in [0.2, 0.25) is 0 Å². The fraction of sp³-hybridized carbons (Fsp3) is 0. The lowest BCUT2D eigenvalue weighted by atomic mass is 9.89. The maximum Gasteiger partial charge on any atom is 0.164 e. The molecule has 0 saturated heterocycles. The first-order valence-corrected chi connectivity index (χ1v) is 24.2. The van der Waals surface area contributed by atoms with E-state index in [9.17, 15) is 0 Å². The Morgan fingerprint density at radius 2 is 0.634 bits per heavy atom. The SMILES string of the molecule is c1ccc(-c2ccc(-c3nc(-c4ccc(-c5ccccc5)cc4)nc(-c4cc(-n5c6cc7ccccc7cc6c6cc7ccccc7cc65)c(-c5cccc6ccccc56)c5ccccc45)n3)cc2)cc1. The summed E-state index contributed by atoms with van der Waals surface area (Å²) in [5, 5.41) is 11.7. The van der Waals surface area contributed by atoms with E-state index in [0.717, 1.165) is 77.6 Å². The van der Waals surface area contributed by atoms with Crippen molar-refractivity contribution in [2.24, 2.45) is 0 Å². The van der Waals surface area contributed by atoms with E-state index in [1.807, 2.05) is 12.1 Å². The predicted octanol–water partition coefficient (Wildman–Crippen LogP) is 17.6. The number of hydrogen-bond acceptors (Lipinski definition) is 3. The first kappa shape index (κ1) is 40.5. The molecule has 0 unspecified atom stereocenters. The Morgan fingerprint density at radius 1 is 0.239 bits per heavy atom. The van der Waals surface area contributed by atoms with Crippen molar-refractivity contribution >= 4 is 64.9 Å². The zero-order chi connectivity index (χ0) is 46.8. The number of aromatic nitrogens is 4. The minimum atomic E-state index is 0.600. The minimum Gasteiger partial charge on any atom is -0.309 e. The molecule has 2 aromatic heterocycles. The van der Waals surface area contributed by atoms with Gasteiger partial charge in [0.25, 0.3) is 0 Å². The van der Waals surface area contributed by atoms with Crippen LogP contribution in [0.5, 0.6) is 0 Å². The van der Waals surface area contributed by atoms with Crippen LogP contribution in [0, 0.1) is 0 Å². The summed E-state index contributed by atoms with van der Waals surface area (Å²) in [7, 11) is 0. The molecule has 14 aromatic rings. The number of rotatable bonds is 7. The molecule has 330 valence electrons. The van der Waals surface area contributed by atoms with Gasteiger partial charge in [0.1, 0.15) is 0 Å². The molecule has 71 heavy (non-hydrogen) atoms. The van der Waals surface area contributed by atoms with Crippen LogP contribution in [0.1, 0.15) is 0 Å². The van der Waals surface area contributed by atoms with Gasteiger partial charge >= 0.3 is 0 Å². The maximum atomic E-state index is 5.47. The summed E-state index contributed by atoms with van der Waals surface area (Å²) in [4.78, 5) is 16.2. The fourth-order valence-electron chi connectivity index (χ4n) is 10.7. The van der Waals surface area contributed by atoms with E-state index in [-0.39, 0.29) is 0 Å². The molecule has 0 spiro atoms. The summed E-state index contributed by atoms with van der Waals surface area (Å²) in [5.74, 6) is 1.81. The van der Waals surface area contributed by atoms with Crippen molar-refractivity contribution in [3.05, 3.63) is 255 Å². The molecular formula is C67H42N4. The van der Waals surface area contributed by atoms with Gasteiger partial charge in [0, 0.05) is 33.0 Å². The lowest BCUT2D eigenvalue weighted by Gasteiger charge is -2.21. The van der Waals surface area contributed by atoms with Gasteiger partial charge in [-0.2, -0.15) is 0 Å². The Morgan fingerprint density at radius 3 is 1.17 bits per heavy atom. The third kappa shape index (κ3) is 6.96. The second-order valence-corrected chi connectivity index (χ2v) is 18.4. The van der Waals surface area contributed by atoms with Gasteiger partial charge in [-0.3, -0.25) is 0 Å². The van der Waals surface area contributed by atoms with Crippen LogP contribution < -0.4 is 0 Å². The Labute approximate surface area is 410 Å². The van der Waals surface area contributed by atoms with Crippen molar-refractivity contribution < 1.29 is 0 Å². The Balaban J connectivity index is 1.08. The van der Waals surface area contributed by atoms with E-state index in [4.69, 9.17) is 15.0 Å². The second kappa shape index (κ2) is 16.6. The van der Waals surface area contributed by atoms with Gasteiger partial charge in [-0.1, -0.05) is 224 Å². The highest BCUT2D eigenvalue weighted by Crippen LogP contribution is 2.46. The molecule has 4 nitrogen and oxygen atoms in total. The normalized spacial score (nSPS) is 11.7. The summed E-state index contributed by atoms with van der Waals surface area (Å²) in [6.07, 6.45) is 0. The summed E-state index contributed by atoms with van der Waals surface area (Å²) in [6.45, 7) is 0. The van der Waals surface area contributed by atoms with E-state index in [1.165, 1.54) is 43.1 Å². The van der Waals surface area contributed by atoms with Crippen LogP contribution in [0.15, 0.2) is 255 Å². The monoisotopic (exact) mass is 902 g/mol. The highest BCUT2D eigenvalue weighted by atomic mass is 15.0. The van der Waals surface area contributed by atoms with E-state index in [2.05, 4.69) is 247 Å². The smallest absolute Gasteiger partial charge is 0.164 e. The highest BCUT2D eigenvalue weighted by Gasteiger charge is 2.24. The second-order valence-electron chi connectivity index (χ2n) is 18.4. The first-order valence-electron chi connectivity index (χ1n) is 24.2. The van der Waals surface area contributed by atoms with Crippen molar-refractivity contribution in [1.82, 2.24) is 19.5 Å². The molecule has 12 aromatic carbocycles. The van der Waals surface area contributed by atoms with Crippen molar-refractivity contribution in [3.63, 3.8) is 0 Å². The maximum absolute atomic E-state index is 5.47. The standard InChI is InChI=1S/C67H42N4/c1-3-16-43(17-4-1)45-30-34-48(35-31-45)65-68-66(49-36-32-46(33-37-49)44-18-5-2-6-19-44)70-67(69-65)60-42-63(64(57-28-14-13-27-55(57)60)56-29-15-25-47-20-11-12-26-54(47)56)71-61-40-52-23-9-7-21-50(52)38-58(61)59-39-51-22-8-10-24-53(51)41-62(59)71/h1-42H. The average molecular weight is 903 g/mol. The third-order valence-corrected chi connectivity index (χ3v) is 14.2. The van der Waals surface area contributed by atoms with Crippen molar-refractivity contribution in [1.29, 1.82) is 0 Å². The van der Waals surface area contributed by atoms with E-state index >= 15 is 0 Å². The molecule has 0 bridgehead atoms. The topological polar surface area (TPSA) is 43.6 Å². The largest absolute Gasteiger partial charge is 0.309 e. The van der Waals surface area contributed by atoms with E-state index in [0.29, 0.717) is 17.5 Å². The van der Waals surface area contributed by atoms with Gasteiger partial charge in [0.15, 0.2) is 17.5 Å². The molecule has 0 saturated carbocycles. The van der Waals surface area contributed by atoms with Crippen LogP contribution in [0.4, 0.5) is 0 Å². The van der Waals surface area contributed by atoms with Gasteiger partial charge in [-0.05, 0) is 101 Å². The predicted molar refractivity (Wildman–Crippen MR) is 297 cm³/mol. The van der Waals surface area contributed by atoms with Gasteiger partial charge in [-0.15, -0.1) is 0 Å². The number of hydrogen-bond donors (Lipinski definition) is 0. The van der Waals surface area contributed by atoms with Crippen LogP contribution >= 0.6 is 0 Å². The molecule has 4 heteroatoms. The molecular weight excluding hydrogens is 861 g/mol. The van der Waals surface area contributed by atoms with Crippen LogP contribution in [-0.4, -0.2) is 19.5 Å². The molecule has 0 N–H and O–H groups in total. The Kier molecular flexibility index (Phi) is 9.49. The van der Waals surface area contributed by atoms with Crippen LogP contribution in [-0.2, 0) is 0 Å². The summed E-state index contributed by atoms with van der Waals surface area (Å²) >= 11 is 0. The van der Waals surface area contributed by atoms with Crippen molar-refractivity contribution in [2.45, 2.75) is 0 Å². The molecule has 0 amide bonds. The van der Waals surface area contributed by atoms with Crippen molar-refractivity contribution in [3.8, 4) is 73.2 Å². The third-order valence-electron chi connectivity index (χ3n) is 14.2. The fourth-order valence-corrected chi connectivity index (χ4v) is 10.7. The quantitative estimate of drug-likeness (QED) is 0.160. The summed E-state index contributed by atoms with van der Waals surface area (Å²) in [6, 6.07) is 91.5. The Bertz CT molecular complexity index is 4170. The first-order chi connectivity index (χ1) is 35.2. The van der Waals surface area contributed by atoms with Crippen LogP contribution in [0.25, 0.3) is 138 Å². The molecule has 0 fully saturated rings. The number of benzene rings is 12.